The molecule has 1 aromatic heterocycles. The normalized spacial score (nSPS) is 17.4. The first-order valence-electron chi connectivity index (χ1n) is 11.8. The monoisotopic (exact) mass is 478 g/mol. The molecular weight excluding hydrogens is 448 g/mol. The number of aromatic nitrogens is 2. The largest absolute Gasteiger partial charge is 0.337 e. The van der Waals surface area contributed by atoms with Crippen LogP contribution in [0, 0.1) is 13.8 Å². The summed E-state index contributed by atoms with van der Waals surface area (Å²) >= 11 is 0. The number of carbonyl (C=O) groups is 1. The van der Waals surface area contributed by atoms with Crippen molar-refractivity contribution in [2.75, 3.05) is 17.9 Å². The van der Waals surface area contributed by atoms with Crippen molar-refractivity contribution >= 4 is 21.6 Å². The van der Waals surface area contributed by atoms with E-state index in [0.717, 1.165) is 30.5 Å². The zero-order chi connectivity index (χ0) is 24.0. The molecule has 3 aromatic rings. The zero-order valence-corrected chi connectivity index (χ0v) is 20.7. The number of nitrogens with zero attached hydrogens (tertiary/aromatic N) is 4. The lowest BCUT2D eigenvalue weighted by atomic mass is 9.87. The third-order valence-corrected chi connectivity index (χ3v) is 9.26. The van der Waals surface area contributed by atoms with Crippen LogP contribution in [0.25, 0.3) is 0 Å². The highest BCUT2D eigenvalue weighted by atomic mass is 32.2. The van der Waals surface area contributed by atoms with Crippen LogP contribution >= 0.6 is 0 Å². The Hall–Kier alpha value is -3.13. The molecular formula is C26H30N4O3S. The summed E-state index contributed by atoms with van der Waals surface area (Å²) in [6.45, 7) is 3.85. The van der Waals surface area contributed by atoms with Gasteiger partial charge in [0.15, 0.2) is 0 Å². The number of benzene rings is 2. The molecule has 34 heavy (non-hydrogen) atoms. The number of carbonyl (C=O) groups excluding carboxylic acids is 1. The van der Waals surface area contributed by atoms with Crippen molar-refractivity contribution in [3.63, 3.8) is 0 Å². The quantitative estimate of drug-likeness (QED) is 0.559. The third-order valence-electron chi connectivity index (χ3n) is 7.19. The molecule has 0 saturated heterocycles. The van der Waals surface area contributed by atoms with Crippen LogP contribution in [-0.2, 0) is 34.2 Å². The highest BCUT2D eigenvalue weighted by Gasteiger charge is 2.35. The zero-order valence-electron chi connectivity index (χ0n) is 19.9. The molecule has 0 N–H and O–H groups in total. The van der Waals surface area contributed by atoms with Crippen molar-refractivity contribution < 1.29 is 13.2 Å². The number of para-hydroxylation sites is 1. The number of sulfonamides is 1. The van der Waals surface area contributed by atoms with Crippen LogP contribution in [0.15, 0.2) is 53.4 Å². The van der Waals surface area contributed by atoms with Crippen molar-refractivity contribution in [1.29, 1.82) is 0 Å². The molecule has 178 valence electrons. The van der Waals surface area contributed by atoms with Crippen molar-refractivity contribution in [3.8, 4) is 0 Å². The Morgan fingerprint density at radius 1 is 1.06 bits per heavy atom. The average molecular weight is 479 g/mol. The fourth-order valence-electron chi connectivity index (χ4n) is 5.42. The summed E-state index contributed by atoms with van der Waals surface area (Å²) in [4.78, 5) is 15.3. The fraction of sp³-hybridized carbons (Fsp3) is 0.385. The van der Waals surface area contributed by atoms with Crippen LogP contribution in [0.5, 0.6) is 0 Å². The second-order valence-electron chi connectivity index (χ2n) is 9.22. The van der Waals surface area contributed by atoms with Crippen LogP contribution in [0.3, 0.4) is 0 Å². The predicted molar refractivity (Wildman–Crippen MR) is 131 cm³/mol. The van der Waals surface area contributed by atoms with E-state index < -0.39 is 10.0 Å². The molecule has 5 rings (SSSR count). The van der Waals surface area contributed by atoms with Gasteiger partial charge >= 0.3 is 0 Å². The van der Waals surface area contributed by atoms with Crippen LogP contribution in [-0.4, -0.2) is 42.6 Å². The van der Waals surface area contributed by atoms with E-state index in [0.29, 0.717) is 24.4 Å². The fourth-order valence-corrected chi connectivity index (χ4v) is 7.30. The van der Waals surface area contributed by atoms with Gasteiger partial charge in [-0.2, -0.15) is 5.10 Å². The Balaban J connectivity index is 1.40. The van der Waals surface area contributed by atoms with Gasteiger partial charge in [0.1, 0.15) is 11.4 Å². The van der Waals surface area contributed by atoms with Gasteiger partial charge in [0, 0.05) is 13.6 Å². The van der Waals surface area contributed by atoms with E-state index >= 15 is 0 Å². The van der Waals surface area contributed by atoms with Crippen molar-refractivity contribution in [1.82, 2.24) is 14.7 Å². The molecule has 0 saturated carbocycles. The van der Waals surface area contributed by atoms with Gasteiger partial charge in [-0.05, 0) is 62.3 Å². The van der Waals surface area contributed by atoms with Gasteiger partial charge < -0.3 is 4.90 Å². The Morgan fingerprint density at radius 2 is 1.76 bits per heavy atom. The van der Waals surface area contributed by atoms with Gasteiger partial charge in [-0.1, -0.05) is 42.5 Å². The highest BCUT2D eigenvalue weighted by molar-refractivity contribution is 7.93. The maximum Gasteiger partial charge on any atom is 0.268 e. The van der Waals surface area contributed by atoms with E-state index in [4.69, 9.17) is 0 Å². The summed E-state index contributed by atoms with van der Waals surface area (Å²) in [6.07, 6.45) is 3.68. The van der Waals surface area contributed by atoms with Crippen LogP contribution in [0.4, 0.5) is 5.69 Å². The topological polar surface area (TPSA) is 75.5 Å². The molecule has 2 heterocycles. The van der Waals surface area contributed by atoms with E-state index in [-0.39, 0.29) is 23.4 Å². The van der Waals surface area contributed by atoms with E-state index in [1.165, 1.54) is 20.1 Å². The average Bonchev–Trinajstić information content (AvgIpc) is 3.39. The molecule has 2 aliphatic rings. The van der Waals surface area contributed by atoms with E-state index in [9.17, 15) is 13.2 Å². The van der Waals surface area contributed by atoms with Gasteiger partial charge in [0.2, 0.25) is 5.91 Å². The summed E-state index contributed by atoms with van der Waals surface area (Å²) in [7, 11) is -1.95. The highest BCUT2D eigenvalue weighted by Crippen LogP contribution is 2.35. The molecule has 1 aliphatic heterocycles. The first-order valence-corrected chi connectivity index (χ1v) is 13.2. The standard InChI is InChI=1S/C26H30N4O3S/c1-18-26(34(32,33)30-16-15-21-10-5-7-13-23(21)30)19(2)29(27-18)17-25(31)28(3)24-14-8-11-20-9-4-6-12-22(20)24/h4-7,9-10,12-13,24H,8,11,14-17H2,1-3H3/t24-/m0/s1. The maximum absolute atomic E-state index is 13.6. The SMILES string of the molecule is Cc1nn(CC(=O)N(C)[C@H]2CCCc3ccccc32)c(C)c1S(=O)(=O)N1CCc2ccccc21. The molecule has 8 heteroatoms. The minimum Gasteiger partial charge on any atom is -0.337 e. The summed E-state index contributed by atoms with van der Waals surface area (Å²) in [5, 5.41) is 4.48. The lowest BCUT2D eigenvalue weighted by molar-refractivity contribution is -0.133. The van der Waals surface area contributed by atoms with Crippen molar-refractivity contribution in [2.24, 2.45) is 0 Å². The van der Waals surface area contributed by atoms with Crippen LogP contribution in [0.2, 0.25) is 0 Å². The van der Waals surface area contributed by atoms with Gasteiger partial charge in [-0.3, -0.25) is 13.8 Å². The summed E-state index contributed by atoms with van der Waals surface area (Å²) < 4.78 is 30.3. The molecule has 1 amide bonds. The number of hydrogen-bond donors (Lipinski definition) is 0. The summed E-state index contributed by atoms with van der Waals surface area (Å²) in [6, 6.07) is 15.9. The maximum atomic E-state index is 13.6. The molecule has 0 spiro atoms. The lowest BCUT2D eigenvalue weighted by Crippen LogP contribution is -2.36. The molecule has 0 unspecified atom stereocenters. The predicted octanol–water partition coefficient (Wildman–Crippen LogP) is 3.79. The minimum absolute atomic E-state index is 0.00788. The second-order valence-corrected chi connectivity index (χ2v) is 11.0. The molecule has 7 nitrogen and oxygen atoms in total. The van der Waals surface area contributed by atoms with E-state index in [1.54, 1.807) is 18.7 Å². The Kier molecular flexibility index (Phi) is 5.72. The number of anilines is 1. The number of hydrogen-bond acceptors (Lipinski definition) is 4. The van der Waals surface area contributed by atoms with Gasteiger partial charge in [0.05, 0.1) is 23.1 Å². The lowest BCUT2D eigenvalue weighted by Gasteiger charge is -2.33. The van der Waals surface area contributed by atoms with Crippen LogP contribution < -0.4 is 4.31 Å². The number of aryl methyl sites for hydroxylation is 2. The number of amides is 1. The second kappa shape index (κ2) is 8.58. The molecule has 0 radical (unpaired) electrons. The summed E-state index contributed by atoms with van der Waals surface area (Å²) in [5.41, 5.74) is 5.16. The third kappa shape index (κ3) is 3.70. The van der Waals surface area contributed by atoms with Gasteiger partial charge in [-0.15, -0.1) is 0 Å². The summed E-state index contributed by atoms with van der Waals surface area (Å²) in [5.74, 6) is -0.0808. The van der Waals surface area contributed by atoms with Gasteiger partial charge in [-0.25, -0.2) is 8.42 Å². The van der Waals surface area contributed by atoms with Gasteiger partial charge in [0.25, 0.3) is 10.0 Å². The Labute approximate surface area is 201 Å². The molecule has 1 aliphatic carbocycles. The van der Waals surface area contributed by atoms with Crippen molar-refractivity contribution in [3.05, 3.63) is 76.6 Å². The first-order chi connectivity index (χ1) is 16.3. The Morgan fingerprint density at radius 3 is 2.56 bits per heavy atom. The smallest absolute Gasteiger partial charge is 0.268 e. The van der Waals surface area contributed by atoms with E-state index in [2.05, 4.69) is 17.2 Å². The minimum atomic E-state index is -3.78. The number of fused-ring (bicyclic) bond motifs is 2. The Bertz CT molecular complexity index is 1360. The molecule has 1 atom stereocenters. The molecule has 0 fully saturated rings. The first kappa shape index (κ1) is 22.7. The van der Waals surface area contributed by atoms with E-state index in [1.807, 2.05) is 43.4 Å². The van der Waals surface area contributed by atoms with Crippen LogP contribution in [0.1, 0.15) is 47.0 Å². The number of rotatable bonds is 5. The number of likely N-dealkylation sites (N-methyl/N-ethyl adjacent to an activating group) is 1. The molecule has 0 bridgehead atoms. The molecule has 2 aromatic carbocycles. The van der Waals surface area contributed by atoms with Crippen molar-refractivity contribution in [2.45, 2.75) is 57.0 Å².